The van der Waals surface area contributed by atoms with E-state index in [1.165, 1.54) is 0 Å². The quantitative estimate of drug-likeness (QED) is 0.503. The van der Waals surface area contributed by atoms with Gasteiger partial charge in [0.05, 0.1) is 5.25 Å². The van der Waals surface area contributed by atoms with Crippen molar-refractivity contribution in [3.63, 3.8) is 0 Å². The van der Waals surface area contributed by atoms with Crippen LogP contribution in [0.15, 0.2) is 0 Å². The van der Waals surface area contributed by atoms with Gasteiger partial charge < -0.3 is 16.6 Å². The molecule has 0 radical (unpaired) electrons. The molecule has 0 bridgehead atoms. The Bertz CT molecular complexity index is 309. The molecule has 0 aliphatic carbocycles. The third kappa shape index (κ3) is 6.12. The molecule has 3 amide bonds. The van der Waals surface area contributed by atoms with Gasteiger partial charge in [0.15, 0.2) is 0 Å². The summed E-state index contributed by atoms with van der Waals surface area (Å²) in [5, 5.41) is 10.0. The van der Waals surface area contributed by atoms with Crippen molar-refractivity contribution in [1.82, 2.24) is 5.32 Å². The molecule has 2 atom stereocenters. The minimum absolute atomic E-state index is 0.0691. The fourth-order valence-corrected chi connectivity index (χ4v) is 2.19. The summed E-state index contributed by atoms with van der Waals surface area (Å²) in [5.74, 6) is -1.64. The Hall–Kier alpha value is -1.28. The Labute approximate surface area is 103 Å². The number of rotatable bonds is 6. The second-order valence-corrected chi connectivity index (χ2v) is 4.97. The molecule has 8 heteroatoms. The number of thioether (sulfide) groups is 1. The Balaban J connectivity index is 4.39. The van der Waals surface area contributed by atoms with Crippen LogP contribution in [0.3, 0.4) is 0 Å². The summed E-state index contributed by atoms with van der Waals surface area (Å²) in [5.41, 5.74) is 10.2. The van der Waals surface area contributed by atoms with E-state index in [1.807, 2.05) is 5.32 Å². The summed E-state index contributed by atoms with van der Waals surface area (Å²) >= 11 is 1.09. The van der Waals surface area contributed by atoms with E-state index in [1.54, 1.807) is 13.8 Å². The van der Waals surface area contributed by atoms with Crippen molar-refractivity contribution in [1.29, 1.82) is 0 Å². The van der Waals surface area contributed by atoms with Crippen molar-refractivity contribution < 1.29 is 19.5 Å². The largest absolute Gasteiger partial charge is 0.480 e. The number of carbonyl (C=O) groups excluding carboxylic acids is 2. The van der Waals surface area contributed by atoms with Gasteiger partial charge in [-0.2, -0.15) is 0 Å². The summed E-state index contributed by atoms with van der Waals surface area (Å²) < 4.78 is 0. The van der Waals surface area contributed by atoms with E-state index >= 15 is 0 Å². The molecule has 0 heterocycles. The number of carbonyl (C=O) groups is 3. The van der Waals surface area contributed by atoms with Crippen molar-refractivity contribution in [3.8, 4) is 0 Å². The molecule has 6 N–H and O–H groups in total. The van der Waals surface area contributed by atoms with Gasteiger partial charge >= 0.3 is 12.0 Å². The number of nitrogens with two attached hydrogens (primary N) is 2. The molecule has 0 aromatic carbocycles. The monoisotopic (exact) mass is 263 g/mol. The molecule has 0 aromatic heterocycles. The molecule has 98 valence electrons. The molecular weight excluding hydrogens is 246 g/mol. The molecule has 0 fully saturated rings. The Morgan fingerprint density at radius 3 is 2.24 bits per heavy atom. The van der Waals surface area contributed by atoms with Gasteiger partial charge in [0.25, 0.3) is 0 Å². The first kappa shape index (κ1) is 15.7. The predicted octanol–water partition coefficient (Wildman–Crippen LogP) is -0.649. The van der Waals surface area contributed by atoms with Gasteiger partial charge in [0.2, 0.25) is 5.91 Å². The zero-order chi connectivity index (χ0) is 13.6. The number of hydrogen-bond acceptors (Lipinski definition) is 5. The third-order valence-corrected chi connectivity index (χ3v) is 3.55. The van der Waals surface area contributed by atoms with Crippen LogP contribution < -0.4 is 16.8 Å². The Morgan fingerprint density at radius 1 is 1.35 bits per heavy atom. The number of urea groups is 1. The van der Waals surface area contributed by atoms with Crippen molar-refractivity contribution in [2.75, 3.05) is 5.75 Å². The first-order chi connectivity index (χ1) is 7.75. The maximum absolute atomic E-state index is 11.6. The predicted molar refractivity (Wildman–Crippen MR) is 64.4 cm³/mol. The van der Waals surface area contributed by atoms with Crippen molar-refractivity contribution in [2.24, 2.45) is 17.4 Å². The highest BCUT2D eigenvalue weighted by atomic mass is 32.2. The number of aliphatic carboxylic acids is 1. The van der Waals surface area contributed by atoms with E-state index in [0.717, 1.165) is 11.8 Å². The van der Waals surface area contributed by atoms with Crippen molar-refractivity contribution in [2.45, 2.75) is 25.1 Å². The van der Waals surface area contributed by atoms with Crippen LogP contribution in [0, 0.1) is 5.92 Å². The molecule has 0 aromatic rings. The highest BCUT2D eigenvalue weighted by Crippen LogP contribution is 2.20. The lowest BCUT2D eigenvalue weighted by Gasteiger charge is -2.19. The SMILES string of the molecule is CC(C)C(SC[C@H](N)C(=O)O)C(=O)NC(N)=O. The lowest BCUT2D eigenvalue weighted by molar-refractivity contribution is -0.138. The Kier molecular flexibility index (Phi) is 6.59. The highest BCUT2D eigenvalue weighted by molar-refractivity contribution is 8.00. The molecule has 0 aliphatic heterocycles. The van der Waals surface area contributed by atoms with Gasteiger partial charge in [0, 0.05) is 5.75 Å². The van der Waals surface area contributed by atoms with Crippen molar-refractivity contribution >= 4 is 29.7 Å². The maximum atomic E-state index is 11.6. The van der Waals surface area contributed by atoms with Crippen LogP contribution in [-0.4, -0.2) is 40.1 Å². The van der Waals surface area contributed by atoms with Gasteiger partial charge in [-0.05, 0) is 5.92 Å². The van der Waals surface area contributed by atoms with Gasteiger partial charge in [-0.3, -0.25) is 14.9 Å². The number of primary amides is 1. The van der Waals surface area contributed by atoms with E-state index in [-0.39, 0.29) is 11.7 Å². The number of hydrogen-bond donors (Lipinski definition) is 4. The third-order valence-electron chi connectivity index (χ3n) is 1.88. The first-order valence-corrected chi connectivity index (χ1v) is 6.00. The van der Waals surface area contributed by atoms with Gasteiger partial charge in [-0.25, -0.2) is 4.79 Å². The number of carboxylic acids is 1. The van der Waals surface area contributed by atoms with E-state index in [4.69, 9.17) is 16.6 Å². The molecule has 1 unspecified atom stereocenters. The standard InChI is InChI=1S/C9H17N3O4S/c1-4(2)6(7(13)12-9(11)16)17-3-5(10)8(14)15/h4-6H,3,10H2,1-2H3,(H,14,15)(H3,11,12,13,16)/t5-,6?/m0/s1. The van der Waals surface area contributed by atoms with E-state index in [9.17, 15) is 14.4 Å². The molecule has 7 nitrogen and oxygen atoms in total. The summed E-state index contributed by atoms with van der Waals surface area (Å²) in [6.45, 7) is 3.56. The van der Waals surface area contributed by atoms with E-state index in [0.29, 0.717) is 0 Å². The second-order valence-electron chi connectivity index (χ2n) is 3.80. The average molecular weight is 263 g/mol. The van der Waals surface area contributed by atoms with Crippen LogP contribution in [0.1, 0.15) is 13.8 Å². The highest BCUT2D eigenvalue weighted by Gasteiger charge is 2.25. The van der Waals surface area contributed by atoms with Gasteiger partial charge in [-0.15, -0.1) is 11.8 Å². The van der Waals surface area contributed by atoms with E-state index < -0.39 is 29.2 Å². The van der Waals surface area contributed by atoms with E-state index in [2.05, 4.69) is 0 Å². The van der Waals surface area contributed by atoms with Crippen LogP contribution in [0.5, 0.6) is 0 Å². The van der Waals surface area contributed by atoms with Gasteiger partial charge in [0.1, 0.15) is 6.04 Å². The summed E-state index contributed by atoms with van der Waals surface area (Å²) in [6.07, 6.45) is 0. The van der Waals surface area contributed by atoms with Crippen LogP contribution in [0.2, 0.25) is 0 Å². The topological polar surface area (TPSA) is 136 Å². The summed E-state index contributed by atoms with van der Waals surface area (Å²) in [4.78, 5) is 32.6. The summed E-state index contributed by atoms with van der Waals surface area (Å²) in [7, 11) is 0. The normalized spacial score (nSPS) is 14.1. The number of amides is 3. The smallest absolute Gasteiger partial charge is 0.321 e. The fraction of sp³-hybridized carbons (Fsp3) is 0.667. The minimum atomic E-state index is -1.13. The zero-order valence-corrected chi connectivity index (χ0v) is 10.5. The average Bonchev–Trinajstić information content (AvgIpc) is 2.15. The maximum Gasteiger partial charge on any atom is 0.321 e. The second kappa shape index (κ2) is 7.13. The number of imide groups is 1. The van der Waals surface area contributed by atoms with Crippen molar-refractivity contribution in [3.05, 3.63) is 0 Å². The molecule has 0 saturated carbocycles. The first-order valence-electron chi connectivity index (χ1n) is 4.96. The van der Waals surface area contributed by atoms with Crippen LogP contribution in [-0.2, 0) is 9.59 Å². The molecule has 0 saturated heterocycles. The molecule has 17 heavy (non-hydrogen) atoms. The number of nitrogens with one attached hydrogen (secondary N) is 1. The molecule has 0 aliphatic rings. The number of carboxylic acid groups (broad SMARTS) is 1. The lowest BCUT2D eigenvalue weighted by atomic mass is 10.1. The molecule has 0 spiro atoms. The van der Waals surface area contributed by atoms with Crippen LogP contribution in [0.4, 0.5) is 4.79 Å². The zero-order valence-electron chi connectivity index (χ0n) is 9.67. The van der Waals surface area contributed by atoms with Gasteiger partial charge in [-0.1, -0.05) is 13.8 Å². The minimum Gasteiger partial charge on any atom is -0.480 e. The fourth-order valence-electron chi connectivity index (χ4n) is 1.04. The van der Waals surface area contributed by atoms with Crippen LogP contribution >= 0.6 is 11.8 Å². The Morgan fingerprint density at radius 2 is 1.88 bits per heavy atom. The molecule has 0 rings (SSSR count). The molecular formula is C9H17N3O4S. The summed E-state index contributed by atoms with van der Waals surface area (Å²) in [6, 6.07) is -1.97. The lowest BCUT2D eigenvalue weighted by Crippen LogP contribution is -2.43. The van der Waals surface area contributed by atoms with Crippen LogP contribution in [0.25, 0.3) is 0 Å².